The molecule has 1 aromatic rings. The first-order valence-corrected chi connectivity index (χ1v) is 8.67. The van der Waals surface area contributed by atoms with Crippen LogP contribution in [0.1, 0.15) is 37.0 Å². The van der Waals surface area contributed by atoms with E-state index in [1.54, 1.807) is 0 Å². The Morgan fingerprint density at radius 1 is 1.30 bits per heavy atom. The zero-order valence-corrected chi connectivity index (χ0v) is 15.3. The van der Waals surface area contributed by atoms with Crippen molar-refractivity contribution in [2.24, 2.45) is 5.92 Å². The topological polar surface area (TPSA) is 116 Å². The molecule has 2 rings (SSSR count). The van der Waals surface area contributed by atoms with E-state index in [-0.39, 0.29) is 23.8 Å². The van der Waals surface area contributed by atoms with Gasteiger partial charge >= 0.3 is 12.1 Å². The summed E-state index contributed by atoms with van der Waals surface area (Å²) in [6, 6.07) is 4.40. The van der Waals surface area contributed by atoms with E-state index in [9.17, 15) is 24.5 Å². The first kappa shape index (κ1) is 20.3. The predicted molar refractivity (Wildman–Crippen MR) is 94.3 cm³/mol. The molecule has 0 radical (unpaired) electrons. The Morgan fingerprint density at radius 3 is 2.70 bits per heavy atom. The molecule has 0 spiro atoms. The molecule has 0 N–H and O–H groups in total. The minimum absolute atomic E-state index is 0.0802. The Bertz CT molecular complexity index is 732. The van der Waals surface area contributed by atoms with Gasteiger partial charge < -0.3 is 9.47 Å². The van der Waals surface area contributed by atoms with E-state index in [0.29, 0.717) is 19.4 Å². The van der Waals surface area contributed by atoms with Crippen molar-refractivity contribution >= 4 is 23.5 Å². The molecule has 0 aromatic heterocycles. The Kier molecular flexibility index (Phi) is 6.86. The zero-order valence-electron chi connectivity index (χ0n) is 15.3. The highest BCUT2D eigenvalue weighted by Gasteiger charge is 2.36. The molecule has 1 aromatic carbocycles. The highest BCUT2D eigenvalue weighted by atomic mass is 16.6. The number of ether oxygens (including phenoxy) is 2. The Morgan fingerprint density at radius 2 is 2.04 bits per heavy atom. The van der Waals surface area contributed by atoms with E-state index in [1.165, 1.54) is 23.1 Å². The number of Topliss-reactive ketones (excluding diaryl/α,β-unsaturated/α-hetero) is 1. The number of esters is 1. The van der Waals surface area contributed by atoms with Crippen LogP contribution in [0.15, 0.2) is 24.3 Å². The van der Waals surface area contributed by atoms with Gasteiger partial charge in [-0.25, -0.2) is 9.59 Å². The third-order valence-corrected chi connectivity index (χ3v) is 4.02. The van der Waals surface area contributed by atoms with Crippen LogP contribution < -0.4 is 0 Å². The van der Waals surface area contributed by atoms with E-state index in [0.717, 1.165) is 6.07 Å². The molecule has 0 unspecified atom stereocenters. The van der Waals surface area contributed by atoms with E-state index >= 15 is 0 Å². The summed E-state index contributed by atoms with van der Waals surface area (Å²) in [4.78, 5) is 48.0. The van der Waals surface area contributed by atoms with Gasteiger partial charge in [0.1, 0.15) is 6.04 Å². The van der Waals surface area contributed by atoms with Crippen LogP contribution in [0.5, 0.6) is 0 Å². The number of nitro groups is 1. The molecule has 0 aliphatic carbocycles. The monoisotopic (exact) mass is 378 g/mol. The first-order chi connectivity index (χ1) is 12.8. The Labute approximate surface area is 156 Å². The van der Waals surface area contributed by atoms with Crippen LogP contribution in [-0.2, 0) is 14.3 Å². The van der Waals surface area contributed by atoms with Crippen molar-refractivity contribution in [2.75, 3.05) is 19.8 Å². The van der Waals surface area contributed by atoms with Crippen molar-refractivity contribution in [3.63, 3.8) is 0 Å². The number of rotatable bonds is 7. The average Bonchev–Trinajstić information content (AvgIpc) is 3.13. The van der Waals surface area contributed by atoms with Crippen molar-refractivity contribution < 1.29 is 28.8 Å². The molecule has 1 heterocycles. The molecule has 1 aliphatic rings. The van der Waals surface area contributed by atoms with Gasteiger partial charge in [-0.15, -0.1) is 0 Å². The van der Waals surface area contributed by atoms with Gasteiger partial charge in [0.2, 0.25) is 5.78 Å². The minimum atomic E-state index is -0.789. The standard InChI is InChI=1S/C18H22N2O7/c1-12(2)10-27-18(23)19-8-4-7-15(19)17(22)26-11-16(21)13-5-3-6-14(9-13)20(24)25/h3,5-6,9,12,15H,4,7-8,10-11H2,1-2H3/t15-/m1/s1. The van der Waals surface area contributed by atoms with Crippen molar-refractivity contribution in [1.82, 2.24) is 4.90 Å². The lowest BCUT2D eigenvalue weighted by Gasteiger charge is -2.23. The van der Waals surface area contributed by atoms with Gasteiger partial charge in [0, 0.05) is 24.2 Å². The van der Waals surface area contributed by atoms with Crippen LogP contribution in [0.3, 0.4) is 0 Å². The number of benzene rings is 1. The summed E-state index contributed by atoms with van der Waals surface area (Å²) in [5, 5.41) is 10.8. The summed E-state index contributed by atoms with van der Waals surface area (Å²) in [5.41, 5.74) is -0.140. The van der Waals surface area contributed by atoms with E-state index < -0.39 is 35.4 Å². The zero-order chi connectivity index (χ0) is 20.0. The number of non-ortho nitro benzene ring substituents is 1. The lowest BCUT2D eigenvalue weighted by atomic mass is 10.1. The molecular weight excluding hydrogens is 356 g/mol. The van der Waals surface area contributed by atoms with Crippen molar-refractivity contribution in [2.45, 2.75) is 32.7 Å². The maximum Gasteiger partial charge on any atom is 0.410 e. The summed E-state index contributed by atoms with van der Waals surface area (Å²) in [7, 11) is 0. The molecule has 1 fully saturated rings. The fraction of sp³-hybridized carbons (Fsp3) is 0.500. The number of ketones is 1. The number of nitro benzene ring substituents is 1. The average molecular weight is 378 g/mol. The number of likely N-dealkylation sites (tertiary alicyclic amines) is 1. The van der Waals surface area contributed by atoms with Gasteiger partial charge in [-0.3, -0.25) is 19.8 Å². The SMILES string of the molecule is CC(C)COC(=O)N1CCC[C@@H]1C(=O)OCC(=O)c1cccc([N+](=O)[O-])c1. The highest BCUT2D eigenvalue weighted by molar-refractivity contribution is 5.98. The second kappa shape index (κ2) is 9.11. The van der Waals surface area contributed by atoms with E-state index in [4.69, 9.17) is 9.47 Å². The summed E-state index contributed by atoms with van der Waals surface area (Å²) in [6.45, 7) is 3.90. The molecule has 146 valence electrons. The van der Waals surface area contributed by atoms with Crippen LogP contribution in [0.2, 0.25) is 0 Å². The smallest absolute Gasteiger partial charge is 0.410 e. The molecule has 27 heavy (non-hydrogen) atoms. The molecule has 1 aliphatic heterocycles. The number of carbonyl (C=O) groups excluding carboxylic acids is 3. The molecule has 1 atom stereocenters. The maximum absolute atomic E-state index is 12.3. The van der Waals surface area contributed by atoms with Gasteiger partial charge in [-0.1, -0.05) is 26.0 Å². The van der Waals surface area contributed by atoms with Crippen molar-refractivity contribution in [3.8, 4) is 0 Å². The minimum Gasteiger partial charge on any atom is -0.456 e. The Balaban J connectivity index is 1.92. The second-order valence-corrected chi connectivity index (χ2v) is 6.66. The molecule has 0 bridgehead atoms. The van der Waals surface area contributed by atoms with E-state index in [1.807, 2.05) is 13.8 Å². The van der Waals surface area contributed by atoms with Crippen molar-refractivity contribution in [3.05, 3.63) is 39.9 Å². The lowest BCUT2D eigenvalue weighted by Crippen LogP contribution is -2.42. The van der Waals surface area contributed by atoms with Gasteiger partial charge in [-0.05, 0) is 18.8 Å². The predicted octanol–water partition coefficient (Wildman–Crippen LogP) is 2.58. The van der Waals surface area contributed by atoms with Gasteiger partial charge in [-0.2, -0.15) is 0 Å². The molecule has 9 nitrogen and oxygen atoms in total. The first-order valence-electron chi connectivity index (χ1n) is 8.67. The van der Waals surface area contributed by atoms with Gasteiger partial charge in [0.05, 0.1) is 11.5 Å². The molecule has 1 amide bonds. The quantitative estimate of drug-likeness (QED) is 0.310. The lowest BCUT2D eigenvalue weighted by molar-refractivity contribution is -0.384. The third-order valence-electron chi connectivity index (χ3n) is 4.02. The number of amides is 1. The molecule has 0 saturated carbocycles. The number of carbonyl (C=O) groups is 3. The van der Waals surface area contributed by atoms with Crippen molar-refractivity contribution in [1.29, 1.82) is 0 Å². The van der Waals surface area contributed by atoms with Crippen LogP contribution in [-0.4, -0.2) is 53.5 Å². The molecule has 9 heteroatoms. The number of hydrogen-bond acceptors (Lipinski definition) is 7. The van der Waals surface area contributed by atoms with Crippen LogP contribution in [0, 0.1) is 16.0 Å². The Hall–Kier alpha value is -2.97. The summed E-state index contributed by atoms with van der Waals surface area (Å²) in [6.07, 6.45) is 0.490. The van der Waals surface area contributed by atoms with Crippen LogP contribution >= 0.6 is 0 Å². The molecular formula is C18H22N2O7. The maximum atomic E-state index is 12.3. The highest BCUT2D eigenvalue weighted by Crippen LogP contribution is 2.20. The fourth-order valence-electron chi connectivity index (χ4n) is 2.66. The van der Waals surface area contributed by atoms with Gasteiger partial charge in [0.15, 0.2) is 6.61 Å². The summed E-state index contributed by atoms with van der Waals surface area (Å²) < 4.78 is 10.2. The largest absolute Gasteiger partial charge is 0.456 e. The summed E-state index contributed by atoms with van der Waals surface area (Å²) >= 11 is 0. The third kappa shape index (κ3) is 5.50. The fourth-order valence-corrected chi connectivity index (χ4v) is 2.66. The number of hydrogen-bond donors (Lipinski definition) is 0. The normalized spacial score (nSPS) is 16.3. The molecule has 1 saturated heterocycles. The number of nitrogens with zero attached hydrogens (tertiary/aromatic N) is 2. The summed E-state index contributed by atoms with van der Waals surface area (Å²) in [5.74, 6) is -1.07. The van der Waals surface area contributed by atoms with Gasteiger partial charge in [0.25, 0.3) is 5.69 Å². The van der Waals surface area contributed by atoms with Crippen LogP contribution in [0.25, 0.3) is 0 Å². The second-order valence-electron chi connectivity index (χ2n) is 6.66. The van der Waals surface area contributed by atoms with E-state index in [2.05, 4.69) is 0 Å². The van der Waals surface area contributed by atoms with Crippen LogP contribution in [0.4, 0.5) is 10.5 Å².